The van der Waals surface area contributed by atoms with E-state index in [1.807, 2.05) is 0 Å². The number of ketones is 2. The van der Waals surface area contributed by atoms with Crippen LogP contribution in [0.3, 0.4) is 0 Å². The van der Waals surface area contributed by atoms with E-state index in [9.17, 15) is 9.59 Å². The molecule has 0 unspecified atom stereocenters. The Hall–Kier alpha value is -1.31. The van der Waals surface area contributed by atoms with E-state index in [0.29, 0.717) is 12.8 Å². The number of benzene rings is 1. The Labute approximate surface area is 122 Å². The van der Waals surface area contributed by atoms with Gasteiger partial charge in [-0.25, -0.2) is 0 Å². The molecule has 1 aliphatic rings. The second-order valence-corrected chi connectivity index (χ2v) is 5.94. The van der Waals surface area contributed by atoms with Crippen LogP contribution in [-0.2, 0) is 22.2 Å². The summed E-state index contributed by atoms with van der Waals surface area (Å²) in [6.07, 6.45) is 3.35. The molecule has 0 saturated heterocycles. The van der Waals surface area contributed by atoms with Gasteiger partial charge in [0, 0.05) is 12.8 Å². The largest absolute Gasteiger partial charge is 0.299 e. The van der Waals surface area contributed by atoms with Crippen molar-refractivity contribution >= 4 is 26.1 Å². The predicted molar refractivity (Wildman–Crippen MR) is 86.5 cm³/mol. The van der Waals surface area contributed by atoms with Gasteiger partial charge in [0.2, 0.25) is 0 Å². The van der Waals surface area contributed by atoms with Gasteiger partial charge in [0.15, 0.2) is 0 Å². The molecular formula is C16H22B2O2. The molecule has 0 aliphatic heterocycles. The van der Waals surface area contributed by atoms with Crippen LogP contribution >= 0.6 is 0 Å². The molecule has 0 heterocycles. The molecule has 0 atom stereocenters. The molecule has 1 fully saturated rings. The molecule has 20 heavy (non-hydrogen) atoms. The summed E-state index contributed by atoms with van der Waals surface area (Å²) in [4.78, 5) is 23.3. The van der Waals surface area contributed by atoms with E-state index in [0.717, 1.165) is 27.2 Å². The van der Waals surface area contributed by atoms with Crippen LogP contribution in [0.25, 0.3) is 0 Å². The van der Waals surface area contributed by atoms with E-state index in [1.165, 1.54) is 16.7 Å². The highest BCUT2D eigenvalue weighted by atomic mass is 16.1. The van der Waals surface area contributed by atoms with Crippen LogP contribution in [0.5, 0.6) is 0 Å². The Kier molecular flexibility index (Phi) is 5.22. The Morgan fingerprint density at radius 2 is 1.45 bits per heavy atom. The van der Waals surface area contributed by atoms with Crippen molar-refractivity contribution in [2.75, 3.05) is 0 Å². The zero-order valence-corrected chi connectivity index (χ0v) is 12.6. The van der Waals surface area contributed by atoms with Gasteiger partial charge >= 0.3 is 0 Å². The first-order valence-electron chi connectivity index (χ1n) is 7.78. The standard InChI is InChI=1S/C16H22B2O2/c1-17-9-11-3-12(10-18-2)5-13(4-11)14-6-15(19)8-16(20)7-14/h3-5,14,17-18H,6-10H2,1-2H3. The highest BCUT2D eigenvalue weighted by Crippen LogP contribution is 2.30. The van der Waals surface area contributed by atoms with E-state index in [2.05, 4.69) is 31.8 Å². The topological polar surface area (TPSA) is 34.1 Å². The first kappa shape index (κ1) is 15.1. The Balaban J connectivity index is 2.28. The highest BCUT2D eigenvalue weighted by molar-refractivity contribution is 6.33. The third kappa shape index (κ3) is 3.84. The molecule has 0 spiro atoms. The van der Waals surface area contributed by atoms with Crippen molar-refractivity contribution in [2.45, 2.75) is 51.5 Å². The summed E-state index contributed by atoms with van der Waals surface area (Å²) in [6.45, 7) is 4.36. The highest BCUT2D eigenvalue weighted by Gasteiger charge is 2.26. The molecule has 0 bridgehead atoms. The third-order valence-electron chi connectivity index (χ3n) is 3.97. The molecule has 2 nitrogen and oxygen atoms in total. The van der Waals surface area contributed by atoms with Gasteiger partial charge in [0.25, 0.3) is 0 Å². The summed E-state index contributed by atoms with van der Waals surface area (Å²) in [7, 11) is 2.25. The van der Waals surface area contributed by atoms with Crippen LogP contribution in [0.2, 0.25) is 13.6 Å². The molecule has 4 heteroatoms. The zero-order chi connectivity index (χ0) is 14.5. The number of rotatable bonds is 5. The van der Waals surface area contributed by atoms with E-state index >= 15 is 0 Å². The normalized spacial score (nSPS) is 16.3. The fourth-order valence-electron chi connectivity index (χ4n) is 3.11. The van der Waals surface area contributed by atoms with Gasteiger partial charge in [-0.2, -0.15) is 0 Å². The zero-order valence-electron chi connectivity index (χ0n) is 12.6. The fourth-order valence-corrected chi connectivity index (χ4v) is 3.11. The molecule has 2 rings (SSSR count). The lowest BCUT2D eigenvalue weighted by Gasteiger charge is -2.22. The van der Waals surface area contributed by atoms with Crippen molar-refractivity contribution in [3.63, 3.8) is 0 Å². The van der Waals surface area contributed by atoms with Crippen molar-refractivity contribution in [3.05, 3.63) is 34.9 Å². The van der Waals surface area contributed by atoms with Gasteiger partial charge < -0.3 is 0 Å². The number of hydrogen-bond donors (Lipinski definition) is 0. The summed E-state index contributed by atoms with van der Waals surface area (Å²) >= 11 is 0. The maximum absolute atomic E-state index is 11.7. The molecule has 0 aromatic heterocycles. The second kappa shape index (κ2) is 6.92. The Morgan fingerprint density at radius 1 is 0.950 bits per heavy atom. The minimum absolute atomic E-state index is 0.101. The van der Waals surface area contributed by atoms with Gasteiger partial charge in [0.1, 0.15) is 26.1 Å². The van der Waals surface area contributed by atoms with Gasteiger partial charge in [-0.1, -0.05) is 55.6 Å². The lowest BCUT2D eigenvalue weighted by molar-refractivity contribution is -0.130. The molecular weight excluding hydrogens is 246 g/mol. The Bertz CT molecular complexity index is 471. The maximum atomic E-state index is 11.7. The molecule has 0 N–H and O–H groups in total. The van der Waals surface area contributed by atoms with Crippen LogP contribution in [0, 0.1) is 0 Å². The van der Waals surface area contributed by atoms with Gasteiger partial charge in [0.05, 0.1) is 6.42 Å². The van der Waals surface area contributed by atoms with Crippen LogP contribution in [-0.4, -0.2) is 26.1 Å². The molecule has 0 amide bonds. The number of carbonyl (C=O) groups excluding carboxylic acids is 2. The quantitative estimate of drug-likeness (QED) is 0.605. The first-order chi connectivity index (χ1) is 9.62. The summed E-state index contributed by atoms with van der Waals surface area (Å²) < 4.78 is 0. The number of hydrogen-bond acceptors (Lipinski definition) is 2. The average molecular weight is 268 g/mol. The molecule has 1 saturated carbocycles. The van der Waals surface area contributed by atoms with Crippen LogP contribution in [0.4, 0.5) is 0 Å². The van der Waals surface area contributed by atoms with E-state index in [1.54, 1.807) is 0 Å². The molecule has 1 aromatic carbocycles. The minimum atomic E-state index is 0.101. The smallest absolute Gasteiger partial charge is 0.140 e. The summed E-state index contributed by atoms with van der Waals surface area (Å²) in [5, 5.41) is 0. The van der Waals surface area contributed by atoms with Crippen molar-refractivity contribution in [3.8, 4) is 0 Å². The molecule has 1 aliphatic carbocycles. The van der Waals surface area contributed by atoms with Gasteiger partial charge in [-0.3, -0.25) is 9.59 Å². The fraction of sp³-hybridized carbons (Fsp3) is 0.500. The van der Waals surface area contributed by atoms with E-state index < -0.39 is 0 Å². The molecule has 104 valence electrons. The van der Waals surface area contributed by atoms with Crippen molar-refractivity contribution in [1.29, 1.82) is 0 Å². The summed E-state index contributed by atoms with van der Waals surface area (Å²) in [6, 6.07) is 6.70. The van der Waals surface area contributed by atoms with E-state index in [4.69, 9.17) is 0 Å². The lowest BCUT2D eigenvalue weighted by atomic mass is 9.71. The van der Waals surface area contributed by atoms with E-state index in [-0.39, 0.29) is 23.9 Å². The maximum Gasteiger partial charge on any atom is 0.140 e. The molecule has 0 radical (unpaired) electrons. The van der Waals surface area contributed by atoms with Crippen LogP contribution in [0.15, 0.2) is 18.2 Å². The van der Waals surface area contributed by atoms with Crippen LogP contribution < -0.4 is 0 Å². The lowest BCUT2D eigenvalue weighted by Crippen LogP contribution is -2.21. The van der Waals surface area contributed by atoms with Gasteiger partial charge in [-0.15, -0.1) is 0 Å². The predicted octanol–water partition coefficient (Wildman–Crippen LogP) is 2.06. The Morgan fingerprint density at radius 3 is 1.90 bits per heavy atom. The average Bonchev–Trinajstić information content (AvgIpc) is 2.38. The number of carbonyl (C=O) groups is 2. The summed E-state index contributed by atoms with van der Waals surface area (Å²) in [5.74, 6) is 0.310. The SMILES string of the molecule is CBCc1cc(CBC)cc(C2CC(=O)CC(=O)C2)c1. The van der Waals surface area contributed by atoms with Gasteiger partial charge in [-0.05, 0) is 11.5 Å². The minimum Gasteiger partial charge on any atom is -0.299 e. The first-order valence-corrected chi connectivity index (χ1v) is 7.78. The second-order valence-electron chi connectivity index (χ2n) is 5.94. The summed E-state index contributed by atoms with van der Waals surface area (Å²) in [5.41, 5.74) is 3.89. The van der Waals surface area contributed by atoms with Crippen molar-refractivity contribution < 1.29 is 9.59 Å². The van der Waals surface area contributed by atoms with Crippen molar-refractivity contribution in [2.24, 2.45) is 0 Å². The monoisotopic (exact) mass is 268 g/mol. The number of Topliss-reactive ketones (excluding diaryl/α,β-unsaturated/α-hetero) is 2. The van der Waals surface area contributed by atoms with Crippen molar-refractivity contribution in [1.82, 2.24) is 0 Å². The van der Waals surface area contributed by atoms with Crippen LogP contribution in [0.1, 0.15) is 41.9 Å². The molecule has 1 aromatic rings. The third-order valence-corrected chi connectivity index (χ3v) is 3.97.